The van der Waals surface area contributed by atoms with E-state index < -0.39 is 11.8 Å². The first-order valence-corrected chi connectivity index (χ1v) is 9.34. The predicted octanol–water partition coefficient (Wildman–Crippen LogP) is 3.64. The molecule has 2 aromatic carbocycles. The summed E-state index contributed by atoms with van der Waals surface area (Å²) < 4.78 is 0. The zero-order valence-corrected chi connectivity index (χ0v) is 15.4. The zero-order valence-electron chi connectivity index (χ0n) is 15.4. The molecule has 5 heteroatoms. The van der Waals surface area contributed by atoms with Crippen LogP contribution in [-0.4, -0.2) is 11.8 Å². The molecular formula is C22H23N3O2. The van der Waals surface area contributed by atoms with Gasteiger partial charge in [-0.15, -0.1) is 0 Å². The van der Waals surface area contributed by atoms with Crippen LogP contribution in [0.2, 0.25) is 0 Å². The maximum absolute atomic E-state index is 12.3. The van der Waals surface area contributed by atoms with Gasteiger partial charge in [-0.05, 0) is 73.1 Å². The van der Waals surface area contributed by atoms with Gasteiger partial charge in [-0.1, -0.05) is 25.1 Å². The number of rotatable bonds is 4. The first-order valence-electron chi connectivity index (χ1n) is 9.34. The molecule has 0 saturated carbocycles. The number of amides is 2. The van der Waals surface area contributed by atoms with Crippen molar-refractivity contribution in [2.24, 2.45) is 0 Å². The predicted molar refractivity (Wildman–Crippen MR) is 104 cm³/mol. The van der Waals surface area contributed by atoms with Gasteiger partial charge in [0.25, 0.3) is 0 Å². The molecule has 2 amide bonds. The average Bonchev–Trinajstić information content (AvgIpc) is 2.72. The lowest BCUT2D eigenvalue weighted by molar-refractivity contribution is -0.136. The normalized spacial score (nSPS) is 13.8. The molecule has 0 saturated heterocycles. The van der Waals surface area contributed by atoms with E-state index in [4.69, 9.17) is 5.26 Å². The van der Waals surface area contributed by atoms with Crippen molar-refractivity contribution >= 4 is 17.5 Å². The summed E-state index contributed by atoms with van der Waals surface area (Å²) in [6, 6.07) is 14.6. The van der Waals surface area contributed by atoms with Gasteiger partial charge in [-0.3, -0.25) is 9.59 Å². The van der Waals surface area contributed by atoms with Gasteiger partial charge in [0.05, 0.1) is 17.7 Å². The van der Waals surface area contributed by atoms with Gasteiger partial charge >= 0.3 is 11.8 Å². The number of nitrogens with one attached hydrogen (secondary N) is 2. The highest BCUT2D eigenvalue weighted by Crippen LogP contribution is 2.26. The molecule has 1 atom stereocenters. The van der Waals surface area contributed by atoms with Gasteiger partial charge in [0.15, 0.2) is 0 Å². The van der Waals surface area contributed by atoms with Crippen LogP contribution in [0.25, 0.3) is 0 Å². The average molecular weight is 361 g/mol. The molecule has 138 valence electrons. The number of fused-ring (bicyclic) bond motifs is 1. The summed E-state index contributed by atoms with van der Waals surface area (Å²) >= 11 is 0. The van der Waals surface area contributed by atoms with Crippen LogP contribution in [0.15, 0.2) is 42.5 Å². The Balaban J connectivity index is 1.65. The molecule has 3 rings (SSSR count). The summed E-state index contributed by atoms with van der Waals surface area (Å²) in [7, 11) is 0. The van der Waals surface area contributed by atoms with E-state index in [1.807, 2.05) is 13.0 Å². The number of hydrogen-bond donors (Lipinski definition) is 2. The summed E-state index contributed by atoms with van der Waals surface area (Å²) in [6.07, 6.45) is 5.33. The highest BCUT2D eigenvalue weighted by Gasteiger charge is 2.20. The Hall–Kier alpha value is -3.13. The number of benzene rings is 2. The Morgan fingerprint density at radius 3 is 2.41 bits per heavy atom. The third kappa shape index (κ3) is 4.53. The van der Waals surface area contributed by atoms with Crippen LogP contribution in [0.4, 0.5) is 5.69 Å². The van der Waals surface area contributed by atoms with E-state index in [0.29, 0.717) is 17.7 Å². The minimum absolute atomic E-state index is 0.198. The van der Waals surface area contributed by atoms with Crippen molar-refractivity contribution in [1.82, 2.24) is 5.32 Å². The topological polar surface area (TPSA) is 82.0 Å². The number of anilines is 1. The van der Waals surface area contributed by atoms with E-state index >= 15 is 0 Å². The molecule has 0 aliphatic heterocycles. The standard InChI is InChI=1S/C22H23N3O2/c1-2-20(18-10-9-16-5-3-4-6-17(16)13-18)25-22(27)21(26)24-19-11-7-15(14-23)8-12-19/h7-13,20H,2-6H2,1H3,(H,24,26)(H,25,27). The summed E-state index contributed by atoms with van der Waals surface area (Å²) in [5.74, 6) is -1.37. The lowest BCUT2D eigenvalue weighted by Crippen LogP contribution is -2.37. The van der Waals surface area contributed by atoms with Gasteiger partial charge in [0.2, 0.25) is 0 Å². The smallest absolute Gasteiger partial charge is 0.313 e. The van der Waals surface area contributed by atoms with Gasteiger partial charge in [0, 0.05) is 5.69 Å². The first kappa shape index (κ1) is 18.7. The highest BCUT2D eigenvalue weighted by molar-refractivity contribution is 6.39. The van der Waals surface area contributed by atoms with Crippen molar-refractivity contribution in [2.75, 3.05) is 5.32 Å². The van der Waals surface area contributed by atoms with Crippen molar-refractivity contribution in [3.63, 3.8) is 0 Å². The molecule has 0 aromatic heterocycles. The minimum Gasteiger partial charge on any atom is -0.341 e. The van der Waals surface area contributed by atoms with Crippen molar-refractivity contribution in [3.8, 4) is 6.07 Å². The molecule has 5 nitrogen and oxygen atoms in total. The third-order valence-corrected chi connectivity index (χ3v) is 4.97. The Morgan fingerprint density at radius 1 is 1.04 bits per heavy atom. The molecule has 0 radical (unpaired) electrons. The Bertz CT molecular complexity index is 881. The van der Waals surface area contributed by atoms with Gasteiger partial charge < -0.3 is 10.6 Å². The molecule has 1 aliphatic rings. The second-order valence-electron chi connectivity index (χ2n) is 6.81. The van der Waals surface area contributed by atoms with Crippen molar-refractivity contribution in [1.29, 1.82) is 5.26 Å². The van der Waals surface area contributed by atoms with Crippen LogP contribution in [0.1, 0.15) is 54.5 Å². The molecule has 1 aliphatic carbocycles. The molecule has 2 N–H and O–H groups in total. The van der Waals surface area contributed by atoms with Crippen molar-refractivity contribution in [3.05, 3.63) is 64.7 Å². The summed E-state index contributed by atoms with van der Waals surface area (Å²) in [5, 5.41) is 14.2. The maximum atomic E-state index is 12.3. The molecule has 27 heavy (non-hydrogen) atoms. The molecule has 0 heterocycles. The molecular weight excluding hydrogens is 338 g/mol. The van der Waals surface area contributed by atoms with Crippen LogP contribution in [0.3, 0.4) is 0 Å². The number of nitrogens with zero attached hydrogens (tertiary/aromatic N) is 1. The second kappa shape index (κ2) is 8.50. The lowest BCUT2D eigenvalue weighted by Gasteiger charge is -2.21. The number of hydrogen-bond acceptors (Lipinski definition) is 3. The SMILES string of the molecule is CCC(NC(=O)C(=O)Nc1ccc(C#N)cc1)c1ccc2c(c1)CCCC2. The largest absolute Gasteiger partial charge is 0.341 e. The monoisotopic (exact) mass is 361 g/mol. The van der Waals surface area contributed by atoms with Gasteiger partial charge in [-0.25, -0.2) is 0 Å². The van der Waals surface area contributed by atoms with E-state index in [9.17, 15) is 9.59 Å². The fourth-order valence-electron chi connectivity index (χ4n) is 3.43. The lowest BCUT2D eigenvalue weighted by atomic mass is 9.89. The van der Waals surface area contributed by atoms with Crippen molar-refractivity contribution in [2.45, 2.75) is 45.1 Å². The molecule has 1 unspecified atom stereocenters. The molecule has 2 aromatic rings. The van der Waals surface area contributed by atoms with Crippen molar-refractivity contribution < 1.29 is 9.59 Å². The number of aryl methyl sites for hydroxylation is 2. The van der Waals surface area contributed by atoms with E-state index in [-0.39, 0.29) is 6.04 Å². The Labute approximate surface area is 159 Å². The second-order valence-corrected chi connectivity index (χ2v) is 6.81. The molecule has 0 spiro atoms. The first-order chi connectivity index (χ1) is 13.1. The molecule has 0 fully saturated rings. The van der Waals surface area contributed by atoms with Gasteiger partial charge in [0.1, 0.15) is 0 Å². The van der Waals surface area contributed by atoms with E-state index in [0.717, 1.165) is 18.4 Å². The minimum atomic E-state index is -0.712. The number of carbonyl (C=O) groups excluding carboxylic acids is 2. The van der Waals surface area contributed by atoms with Crippen LogP contribution in [-0.2, 0) is 22.4 Å². The fourth-order valence-corrected chi connectivity index (χ4v) is 3.43. The van der Waals surface area contributed by atoms with E-state index in [1.165, 1.54) is 24.0 Å². The Kier molecular flexibility index (Phi) is 5.87. The quantitative estimate of drug-likeness (QED) is 0.816. The fraction of sp³-hybridized carbons (Fsp3) is 0.318. The highest BCUT2D eigenvalue weighted by atomic mass is 16.2. The number of nitriles is 1. The van der Waals surface area contributed by atoms with Crippen LogP contribution in [0, 0.1) is 11.3 Å². The zero-order chi connectivity index (χ0) is 19.2. The Morgan fingerprint density at radius 2 is 1.74 bits per heavy atom. The van der Waals surface area contributed by atoms with Gasteiger partial charge in [-0.2, -0.15) is 5.26 Å². The number of carbonyl (C=O) groups is 2. The maximum Gasteiger partial charge on any atom is 0.313 e. The van der Waals surface area contributed by atoms with Crippen LogP contribution in [0.5, 0.6) is 0 Å². The van der Waals surface area contributed by atoms with E-state index in [2.05, 4.69) is 28.8 Å². The summed E-state index contributed by atoms with van der Waals surface area (Å²) in [5.41, 5.74) is 4.77. The third-order valence-electron chi connectivity index (χ3n) is 4.97. The summed E-state index contributed by atoms with van der Waals surface area (Å²) in [4.78, 5) is 24.5. The van der Waals surface area contributed by atoms with Crippen LogP contribution < -0.4 is 10.6 Å². The molecule has 0 bridgehead atoms. The summed E-state index contributed by atoms with van der Waals surface area (Å²) in [6.45, 7) is 1.99. The van der Waals surface area contributed by atoms with E-state index in [1.54, 1.807) is 24.3 Å². The van der Waals surface area contributed by atoms with Crippen LogP contribution >= 0.6 is 0 Å².